The average molecular weight is 268 g/mol. The molecule has 1 aliphatic heterocycles. The quantitative estimate of drug-likeness (QED) is 0.804. The number of aliphatic hydroxyl groups excluding tert-OH is 1. The molecular formula is C12H16N2O3S. The lowest BCUT2D eigenvalue weighted by atomic mass is 10.3. The molecule has 1 aromatic rings. The monoisotopic (exact) mass is 268 g/mol. The van der Waals surface area contributed by atoms with Crippen LogP contribution in [0.15, 0.2) is 29.4 Å². The number of nitrogens with zero attached hydrogens (tertiary/aromatic N) is 2. The molecule has 0 saturated carbocycles. The van der Waals surface area contributed by atoms with Crippen molar-refractivity contribution in [2.24, 2.45) is 0 Å². The number of thioether (sulfide) groups is 1. The van der Waals surface area contributed by atoms with E-state index in [4.69, 9.17) is 4.74 Å². The molecule has 18 heavy (non-hydrogen) atoms. The summed E-state index contributed by atoms with van der Waals surface area (Å²) in [6.07, 6.45) is 2.83. The van der Waals surface area contributed by atoms with Crippen molar-refractivity contribution in [3.8, 4) is 0 Å². The Morgan fingerprint density at radius 1 is 1.56 bits per heavy atom. The minimum atomic E-state index is -0.581. The van der Waals surface area contributed by atoms with E-state index in [-0.39, 0.29) is 5.91 Å². The molecule has 0 unspecified atom stereocenters. The minimum Gasteiger partial charge on any atom is -0.389 e. The summed E-state index contributed by atoms with van der Waals surface area (Å²) in [4.78, 5) is 18.6. The molecule has 1 fully saturated rings. The molecule has 2 heterocycles. The topological polar surface area (TPSA) is 62.7 Å². The summed E-state index contributed by atoms with van der Waals surface area (Å²) in [5.74, 6) is 0.401. The van der Waals surface area contributed by atoms with Crippen molar-refractivity contribution in [3.63, 3.8) is 0 Å². The number of ether oxygens (including phenoxy) is 1. The Labute approximate surface area is 110 Å². The summed E-state index contributed by atoms with van der Waals surface area (Å²) < 4.78 is 5.19. The Morgan fingerprint density at radius 2 is 2.33 bits per heavy atom. The highest BCUT2D eigenvalue weighted by Gasteiger charge is 2.20. The second kappa shape index (κ2) is 6.72. The normalized spacial score (nSPS) is 20.5. The van der Waals surface area contributed by atoms with Crippen LogP contribution >= 0.6 is 11.8 Å². The average Bonchev–Trinajstić information content (AvgIpc) is 2.62. The van der Waals surface area contributed by atoms with Gasteiger partial charge >= 0.3 is 0 Å². The Morgan fingerprint density at radius 3 is 3.11 bits per heavy atom. The molecule has 0 bridgehead atoms. The maximum Gasteiger partial charge on any atom is 0.233 e. The van der Waals surface area contributed by atoms with E-state index in [9.17, 15) is 9.90 Å². The van der Waals surface area contributed by atoms with Crippen LogP contribution in [0.1, 0.15) is 0 Å². The molecule has 0 radical (unpaired) electrons. The molecule has 1 amide bonds. The molecule has 1 atom stereocenters. The molecule has 98 valence electrons. The van der Waals surface area contributed by atoms with Gasteiger partial charge in [0.15, 0.2) is 0 Å². The number of hydrogen-bond acceptors (Lipinski definition) is 5. The predicted octanol–water partition coefficient (Wildman–Crippen LogP) is 0.393. The van der Waals surface area contributed by atoms with E-state index in [2.05, 4.69) is 4.98 Å². The first-order chi connectivity index (χ1) is 8.75. The second-order valence-electron chi connectivity index (χ2n) is 4.04. The van der Waals surface area contributed by atoms with E-state index in [1.165, 1.54) is 11.8 Å². The smallest absolute Gasteiger partial charge is 0.233 e. The third kappa shape index (κ3) is 3.97. The van der Waals surface area contributed by atoms with Crippen LogP contribution in [0.2, 0.25) is 0 Å². The van der Waals surface area contributed by atoms with Gasteiger partial charge < -0.3 is 14.7 Å². The number of carbonyl (C=O) groups excluding carboxylic acids is 1. The van der Waals surface area contributed by atoms with Gasteiger partial charge in [-0.05, 0) is 12.1 Å². The number of aromatic nitrogens is 1. The molecule has 1 saturated heterocycles. The van der Waals surface area contributed by atoms with E-state index in [1.54, 1.807) is 17.3 Å². The van der Waals surface area contributed by atoms with Gasteiger partial charge in [0.05, 0.1) is 25.1 Å². The standard InChI is InChI=1S/C12H16N2O3S/c15-10-7-14(5-6-17-8-10)12(16)9-18-11-1-3-13-4-2-11/h1-4,10,15H,5-9H2/t10-/m1/s1. The Balaban J connectivity index is 1.83. The summed E-state index contributed by atoms with van der Waals surface area (Å²) in [5.41, 5.74) is 0. The zero-order chi connectivity index (χ0) is 12.8. The third-order valence-electron chi connectivity index (χ3n) is 2.61. The summed E-state index contributed by atoms with van der Waals surface area (Å²) in [6, 6.07) is 3.75. The van der Waals surface area contributed by atoms with Gasteiger partial charge in [-0.2, -0.15) is 0 Å². The lowest BCUT2D eigenvalue weighted by Gasteiger charge is -2.21. The van der Waals surface area contributed by atoms with Gasteiger partial charge in [-0.15, -0.1) is 11.8 Å². The zero-order valence-corrected chi connectivity index (χ0v) is 10.8. The first-order valence-electron chi connectivity index (χ1n) is 5.82. The number of carbonyl (C=O) groups is 1. The van der Waals surface area contributed by atoms with Crippen molar-refractivity contribution in [2.45, 2.75) is 11.0 Å². The van der Waals surface area contributed by atoms with E-state index < -0.39 is 6.10 Å². The summed E-state index contributed by atoms with van der Waals surface area (Å²) in [6.45, 7) is 1.70. The molecule has 1 aromatic heterocycles. The largest absolute Gasteiger partial charge is 0.389 e. The molecule has 5 nitrogen and oxygen atoms in total. The lowest BCUT2D eigenvalue weighted by Crippen LogP contribution is -2.38. The van der Waals surface area contributed by atoms with Crippen molar-refractivity contribution < 1.29 is 14.6 Å². The van der Waals surface area contributed by atoms with Crippen molar-refractivity contribution in [3.05, 3.63) is 24.5 Å². The number of rotatable bonds is 3. The molecule has 6 heteroatoms. The van der Waals surface area contributed by atoms with Crippen LogP contribution in [0.4, 0.5) is 0 Å². The van der Waals surface area contributed by atoms with E-state index in [0.29, 0.717) is 32.1 Å². The van der Waals surface area contributed by atoms with Gasteiger partial charge in [0, 0.05) is 30.4 Å². The molecule has 1 aliphatic rings. The van der Waals surface area contributed by atoms with Gasteiger partial charge in [-0.1, -0.05) is 0 Å². The molecule has 0 aliphatic carbocycles. The highest BCUT2D eigenvalue weighted by atomic mass is 32.2. The molecule has 0 spiro atoms. The van der Waals surface area contributed by atoms with Gasteiger partial charge in [0.25, 0.3) is 0 Å². The number of hydrogen-bond donors (Lipinski definition) is 1. The number of pyridine rings is 1. The van der Waals surface area contributed by atoms with Crippen LogP contribution in [0.3, 0.4) is 0 Å². The fourth-order valence-electron chi connectivity index (χ4n) is 1.69. The number of β-amino-alcohol motifs (C(OH)–C–C–N with tert-alkyl or cyclic N) is 1. The first-order valence-corrected chi connectivity index (χ1v) is 6.80. The number of amides is 1. The van der Waals surface area contributed by atoms with Crippen LogP contribution in [0.25, 0.3) is 0 Å². The van der Waals surface area contributed by atoms with Crippen LogP contribution in [0.5, 0.6) is 0 Å². The maximum atomic E-state index is 12.0. The Kier molecular flexibility index (Phi) is 4.98. The van der Waals surface area contributed by atoms with Gasteiger partial charge in [-0.25, -0.2) is 0 Å². The highest BCUT2D eigenvalue weighted by Crippen LogP contribution is 2.17. The van der Waals surface area contributed by atoms with E-state index in [0.717, 1.165) is 4.90 Å². The highest BCUT2D eigenvalue weighted by molar-refractivity contribution is 8.00. The van der Waals surface area contributed by atoms with Crippen molar-refractivity contribution in [1.29, 1.82) is 0 Å². The Bertz CT molecular complexity index is 388. The summed E-state index contributed by atoms with van der Waals surface area (Å²) in [5, 5.41) is 9.56. The second-order valence-corrected chi connectivity index (χ2v) is 5.09. The van der Waals surface area contributed by atoms with Crippen LogP contribution in [0, 0.1) is 0 Å². The molecular weight excluding hydrogens is 252 g/mol. The molecule has 2 rings (SSSR count). The third-order valence-corrected chi connectivity index (χ3v) is 3.61. The van der Waals surface area contributed by atoms with Crippen LogP contribution < -0.4 is 0 Å². The summed E-state index contributed by atoms with van der Waals surface area (Å²) in [7, 11) is 0. The fourth-order valence-corrected chi connectivity index (χ4v) is 2.48. The SMILES string of the molecule is O=C(CSc1ccncc1)N1CCOC[C@H](O)C1. The minimum absolute atomic E-state index is 0.0290. The molecule has 1 N–H and O–H groups in total. The van der Waals surface area contributed by atoms with E-state index in [1.807, 2.05) is 12.1 Å². The van der Waals surface area contributed by atoms with Crippen LogP contribution in [-0.2, 0) is 9.53 Å². The van der Waals surface area contributed by atoms with E-state index >= 15 is 0 Å². The van der Waals surface area contributed by atoms with Gasteiger partial charge in [0.2, 0.25) is 5.91 Å². The van der Waals surface area contributed by atoms with Crippen molar-refractivity contribution >= 4 is 17.7 Å². The predicted molar refractivity (Wildman–Crippen MR) is 68.4 cm³/mol. The Hall–Kier alpha value is -1.11. The van der Waals surface area contributed by atoms with Crippen molar-refractivity contribution in [1.82, 2.24) is 9.88 Å². The number of aliphatic hydroxyl groups is 1. The first kappa shape index (κ1) is 13.3. The fraction of sp³-hybridized carbons (Fsp3) is 0.500. The lowest BCUT2D eigenvalue weighted by molar-refractivity contribution is -0.129. The zero-order valence-electron chi connectivity index (χ0n) is 9.99. The maximum absolute atomic E-state index is 12.0. The molecule has 0 aromatic carbocycles. The van der Waals surface area contributed by atoms with Gasteiger partial charge in [0.1, 0.15) is 0 Å². The summed E-state index contributed by atoms with van der Waals surface area (Å²) >= 11 is 1.48. The van der Waals surface area contributed by atoms with Crippen LogP contribution in [-0.4, -0.2) is 59.1 Å². The van der Waals surface area contributed by atoms with Gasteiger partial charge in [-0.3, -0.25) is 9.78 Å². The van der Waals surface area contributed by atoms with Crippen molar-refractivity contribution in [2.75, 3.05) is 32.1 Å².